The maximum absolute atomic E-state index is 12.7. The van der Waals surface area contributed by atoms with E-state index >= 15 is 0 Å². The van der Waals surface area contributed by atoms with Crippen molar-refractivity contribution in [2.24, 2.45) is 0 Å². The predicted octanol–water partition coefficient (Wildman–Crippen LogP) is 4.73. The average molecular weight is 400 g/mol. The van der Waals surface area contributed by atoms with E-state index in [1.165, 1.54) is 6.26 Å². The molecule has 0 radical (unpaired) electrons. The molecule has 0 saturated carbocycles. The monoisotopic (exact) mass is 399 g/mol. The van der Waals surface area contributed by atoms with E-state index in [9.17, 15) is 4.79 Å². The lowest BCUT2D eigenvalue weighted by molar-refractivity contribution is 0.0997. The van der Waals surface area contributed by atoms with Crippen molar-refractivity contribution in [1.82, 2.24) is 0 Å². The number of anilines is 1. The van der Waals surface area contributed by atoms with Crippen molar-refractivity contribution < 1.29 is 18.7 Å². The Balaban J connectivity index is 1.63. The van der Waals surface area contributed by atoms with Crippen LogP contribution in [0.3, 0.4) is 0 Å². The second-order valence-corrected chi connectivity index (χ2v) is 6.31. The standard InChI is InChI=1S/C19H14BrNO4/c20-14-10-16-17(24-9-8-23-16)11-15(14)21-19(22)18-13(6-7-25-18)12-4-2-1-3-5-12/h1-7,10-11H,8-9H2,(H,21,22). The van der Waals surface area contributed by atoms with Crippen LogP contribution in [0.15, 0.2) is 63.7 Å². The fourth-order valence-corrected chi connectivity index (χ4v) is 3.09. The summed E-state index contributed by atoms with van der Waals surface area (Å²) in [5.41, 5.74) is 2.25. The molecule has 0 aliphatic carbocycles. The summed E-state index contributed by atoms with van der Waals surface area (Å²) in [6.07, 6.45) is 1.51. The van der Waals surface area contributed by atoms with E-state index in [1.807, 2.05) is 30.3 Å². The highest BCUT2D eigenvalue weighted by Crippen LogP contribution is 2.38. The zero-order valence-corrected chi connectivity index (χ0v) is 14.7. The minimum absolute atomic E-state index is 0.257. The Bertz CT molecular complexity index is 920. The number of rotatable bonds is 3. The second-order valence-electron chi connectivity index (χ2n) is 5.46. The van der Waals surface area contributed by atoms with Gasteiger partial charge in [-0.25, -0.2) is 0 Å². The third-order valence-electron chi connectivity index (χ3n) is 3.84. The number of carbonyl (C=O) groups excluding carboxylic acids is 1. The zero-order valence-electron chi connectivity index (χ0n) is 13.1. The first-order valence-electron chi connectivity index (χ1n) is 7.76. The molecule has 2 heterocycles. The number of halogens is 1. The topological polar surface area (TPSA) is 60.7 Å². The molecule has 4 rings (SSSR count). The number of carbonyl (C=O) groups is 1. The van der Waals surface area contributed by atoms with Gasteiger partial charge in [-0.1, -0.05) is 30.3 Å². The summed E-state index contributed by atoms with van der Waals surface area (Å²) < 4.78 is 17.2. The molecule has 1 N–H and O–H groups in total. The van der Waals surface area contributed by atoms with Crippen LogP contribution in [0.5, 0.6) is 11.5 Å². The summed E-state index contributed by atoms with van der Waals surface area (Å²) in [5, 5.41) is 2.86. The van der Waals surface area contributed by atoms with Crippen LogP contribution < -0.4 is 14.8 Å². The first-order valence-corrected chi connectivity index (χ1v) is 8.55. The van der Waals surface area contributed by atoms with Gasteiger partial charge in [0.25, 0.3) is 5.91 Å². The molecule has 2 aromatic carbocycles. The minimum Gasteiger partial charge on any atom is -0.486 e. The number of ether oxygens (including phenoxy) is 2. The highest BCUT2D eigenvalue weighted by molar-refractivity contribution is 9.10. The summed E-state index contributed by atoms with van der Waals surface area (Å²) in [4.78, 5) is 12.7. The molecule has 25 heavy (non-hydrogen) atoms. The molecular weight excluding hydrogens is 386 g/mol. The number of hydrogen-bond donors (Lipinski definition) is 1. The van der Waals surface area contributed by atoms with Gasteiger partial charge in [0.15, 0.2) is 17.3 Å². The predicted molar refractivity (Wildman–Crippen MR) is 97.2 cm³/mol. The molecule has 3 aromatic rings. The van der Waals surface area contributed by atoms with Gasteiger partial charge >= 0.3 is 0 Å². The van der Waals surface area contributed by atoms with E-state index in [4.69, 9.17) is 13.9 Å². The quantitative estimate of drug-likeness (QED) is 0.691. The molecule has 0 spiro atoms. The Morgan fingerprint density at radius 2 is 1.72 bits per heavy atom. The number of nitrogens with one attached hydrogen (secondary N) is 1. The van der Waals surface area contributed by atoms with Crippen LogP contribution >= 0.6 is 15.9 Å². The molecule has 1 amide bonds. The maximum Gasteiger partial charge on any atom is 0.292 e. The van der Waals surface area contributed by atoms with Gasteiger partial charge in [-0.3, -0.25) is 4.79 Å². The summed E-state index contributed by atoms with van der Waals surface area (Å²) in [6.45, 7) is 0.996. The van der Waals surface area contributed by atoms with Crippen LogP contribution in [0.25, 0.3) is 11.1 Å². The molecule has 0 unspecified atom stereocenters. The average Bonchev–Trinajstić information content (AvgIpc) is 3.13. The van der Waals surface area contributed by atoms with Crippen LogP contribution in [0.1, 0.15) is 10.6 Å². The molecule has 1 aliphatic heterocycles. The normalized spacial score (nSPS) is 12.7. The van der Waals surface area contributed by atoms with Gasteiger partial charge in [0.2, 0.25) is 0 Å². The highest BCUT2D eigenvalue weighted by atomic mass is 79.9. The summed E-state index contributed by atoms with van der Waals surface area (Å²) >= 11 is 3.45. The van der Waals surface area contributed by atoms with E-state index in [2.05, 4.69) is 21.2 Å². The van der Waals surface area contributed by atoms with Crippen molar-refractivity contribution in [3.8, 4) is 22.6 Å². The van der Waals surface area contributed by atoms with Crippen molar-refractivity contribution in [2.45, 2.75) is 0 Å². The summed E-state index contributed by atoms with van der Waals surface area (Å²) in [7, 11) is 0. The fourth-order valence-electron chi connectivity index (χ4n) is 2.67. The van der Waals surface area contributed by atoms with Crippen LogP contribution in [-0.4, -0.2) is 19.1 Å². The number of furan rings is 1. The van der Waals surface area contributed by atoms with Crippen LogP contribution in [0, 0.1) is 0 Å². The largest absolute Gasteiger partial charge is 0.486 e. The van der Waals surface area contributed by atoms with Gasteiger partial charge in [0.1, 0.15) is 13.2 Å². The van der Waals surface area contributed by atoms with E-state index < -0.39 is 0 Å². The maximum atomic E-state index is 12.7. The van der Waals surface area contributed by atoms with Crippen molar-refractivity contribution in [3.05, 3.63) is 65.0 Å². The fraction of sp³-hybridized carbons (Fsp3) is 0.105. The lowest BCUT2D eigenvalue weighted by atomic mass is 10.1. The van der Waals surface area contributed by atoms with Gasteiger partial charge in [-0.2, -0.15) is 0 Å². The third kappa shape index (κ3) is 3.13. The number of benzene rings is 2. The number of amides is 1. The summed E-state index contributed by atoms with van der Waals surface area (Å²) in [6, 6.07) is 14.9. The zero-order chi connectivity index (χ0) is 17.2. The Hall–Kier alpha value is -2.73. The lowest BCUT2D eigenvalue weighted by Crippen LogP contribution is -2.17. The highest BCUT2D eigenvalue weighted by Gasteiger charge is 2.20. The first kappa shape index (κ1) is 15.8. The van der Waals surface area contributed by atoms with E-state index in [1.54, 1.807) is 18.2 Å². The Labute approximate surface area is 152 Å². The number of fused-ring (bicyclic) bond motifs is 1. The Morgan fingerprint density at radius 1 is 1.00 bits per heavy atom. The van der Waals surface area contributed by atoms with Crippen LogP contribution in [0.2, 0.25) is 0 Å². The third-order valence-corrected chi connectivity index (χ3v) is 4.49. The van der Waals surface area contributed by atoms with Crippen molar-refractivity contribution in [1.29, 1.82) is 0 Å². The first-order chi connectivity index (χ1) is 12.2. The van der Waals surface area contributed by atoms with Gasteiger partial charge < -0.3 is 19.2 Å². The molecule has 0 fully saturated rings. The molecule has 126 valence electrons. The van der Waals surface area contributed by atoms with Gasteiger partial charge in [-0.15, -0.1) is 0 Å². The molecule has 0 bridgehead atoms. The molecule has 5 nitrogen and oxygen atoms in total. The minimum atomic E-state index is -0.332. The molecule has 1 aromatic heterocycles. The number of hydrogen-bond acceptors (Lipinski definition) is 4. The van der Waals surface area contributed by atoms with Gasteiger partial charge in [0, 0.05) is 22.2 Å². The molecule has 6 heteroatoms. The summed E-state index contributed by atoms with van der Waals surface area (Å²) in [5.74, 6) is 1.18. The van der Waals surface area contributed by atoms with Crippen LogP contribution in [0.4, 0.5) is 5.69 Å². The van der Waals surface area contributed by atoms with E-state index in [-0.39, 0.29) is 11.7 Å². The SMILES string of the molecule is O=C(Nc1cc2c(cc1Br)OCCO2)c1occc1-c1ccccc1. The van der Waals surface area contributed by atoms with Gasteiger partial charge in [-0.05, 0) is 27.6 Å². The molecular formula is C19H14BrNO4. The van der Waals surface area contributed by atoms with Gasteiger partial charge in [0.05, 0.1) is 12.0 Å². The van der Waals surface area contributed by atoms with Crippen molar-refractivity contribution >= 4 is 27.5 Å². The smallest absolute Gasteiger partial charge is 0.292 e. The Morgan fingerprint density at radius 3 is 2.48 bits per heavy atom. The molecule has 0 atom stereocenters. The van der Waals surface area contributed by atoms with Crippen molar-refractivity contribution in [2.75, 3.05) is 18.5 Å². The van der Waals surface area contributed by atoms with Crippen molar-refractivity contribution in [3.63, 3.8) is 0 Å². The molecule has 0 saturated heterocycles. The second kappa shape index (κ2) is 6.64. The van der Waals surface area contributed by atoms with Crippen LogP contribution in [-0.2, 0) is 0 Å². The van der Waals surface area contributed by atoms with E-state index in [0.29, 0.717) is 34.9 Å². The molecule has 1 aliphatic rings. The lowest BCUT2D eigenvalue weighted by Gasteiger charge is -2.20. The Kier molecular flexibility index (Phi) is 4.19. The van der Waals surface area contributed by atoms with E-state index in [0.717, 1.165) is 11.1 Å².